The largest absolute Gasteiger partial charge is 0.497 e. The number of carbonyl (C=O) groups is 2. The first-order valence-electron chi connectivity index (χ1n) is 9.97. The molecule has 1 aromatic heterocycles. The third kappa shape index (κ3) is 4.82. The smallest absolute Gasteiger partial charge is 0.314 e. The zero-order valence-corrected chi connectivity index (χ0v) is 18.8. The van der Waals surface area contributed by atoms with Crippen molar-refractivity contribution in [1.82, 2.24) is 15.1 Å². The summed E-state index contributed by atoms with van der Waals surface area (Å²) in [7, 11) is -0.265. The van der Waals surface area contributed by atoms with Crippen LogP contribution in [0.5, 0.6) is 11.5 Å². The zero-order chi connectivity index (χ0) is 23.6. The van der Waals surface area contributed by atoms with Gasteiger partial charge in [-0.3, -0.25) is 9.59 Å². The minimum absolute atomic E-state index is 0.139. The van der Waals surface area contributed by atoms with Crippen LogP contribution in [0.3, 0.4) is 0 Å². The number of hydrogen-bond donors (Lipinski definition) is 2. The molecule has 0 bridgehead atoms. The second-order valence-electron chi connectivity index (χ2n) is 7.40. The molecule has 3 aromatic rings. The summed E-state index contributed by atoms with van der Waals surface area (Å²) in [5.74, 6) is -0.809. The molecule has 1 aliphatic heterocycles. The quantitative estimate of drug-likeness (QED) is 0.523. The SMILES string of the molecule is COc1ccc(CNC(=O)C(=O)Nc2c3c(nn2-c2ccc(OC)cc2)CS(=O)(=O)C3)cc1. The highest BCUT2D eigenvalue weighted by atomic mass is 32.2. The number of ether oxygens (including phenoxy) is 2. The van der Waals surface area contributed by atoms with Gasteiger partial charge in [0.1, 0.15) is 17.3 Å². The second kappa shape index (κ2) is 8.94. The maximum atomic E-state index is 12.6. The summed E-state index contributed by atoms with van der Waals surface area (Å²) in [6.07, 6.45) is 0. The van der Waals surface area contributed by atoms with Crippen LogP contribution >= 0.6 is 0 Å². The Morgan fingerprint density at radius 3 is 2.15 bits per heavy atom. The lowest BCUT2D eigenvalue weighted by Crippen LogP contribution is -2.35. The summed E-state index contributed by atoms with van der Waals surface area (Å²) in [4.78, 5) is 25.0. The third-order valence-electron chi connectivity index (χ3n) is 5.15. The fraction of sp³-hybridized carbons (Fsp3) is 0.227. The number of anilines is 1. The van der Waals surface area contributed by atoms with Gasteiger partial charge in [-0.05, 0) is 42.0 Å². The first-order valence-corrected chi connectivity index (χ1v) is 11.8. The van der Waals surface area contributed by atoms with Crippen molar-refractivity contribution < 1.29 is 27.5 Å². The van der Waals surface area contributed by atoms with Gasteiger partial charge in [0.05, 0.1) is 37.1 Å². The summed E-state index contributed by atoms with van der Waals surface area (Å²) in [5, 5.41) is 9.47. The van der Waals surface area contributed by atoms with Gasteiger partial charge in [-0.15, -0.1) is 0 Å². The standard InChI is InChI=1S/C22H22N4O6S/c1-31-16-7-3-14(4-8-16)11-23-21(27)22(28)24-20-18-12-33(29,30)13-19(18)25-26(20)15-5-9-17(32-2)10-6-15/h3-10H,11-13H2,1-2H3,(H,23,27)(H,24,28). The average Bonchev–Trinajstić information content (AvgIpc) is 3.29. The molecule has 2 N–H and O–H groups in total. The Morgan fingerprint density at radius 1 is 0.939 bits per heavy atom. The Bertz CT molecular complexity index is 1300. The molecule has 33 heavy (non-hydrogen) atoms. The highest BCUT2D eigenvalue weighted by molar-refractivity contribution is 7.90. The minimum Gasteiger partial charge on any atom is -0.497 e. The van der Waals surface area contributed by atoms with Gasteiger partial charge in [0.25, 0.3) is 0 Å². The fourth-order valence-electron chi connectivity index (χ4n) is 3.45. The fourth-order valence-corrected chi connectivity index (χ4v) is 4.95. The van der Waals surface area contributed by atoms with Crippen molar-refractivity contribution in [2.24, 2.45) is 0 Å². The van der Waals surface area contributed by atoms with Gasteiger partial charge in [-0.2, -0.15) is 5.10 Å². The van der Waals surface area contributed by atoms with Crippen LogP contribution in [-0.2, 0) is 37.5 Å². The van der Waals surface area contributed by atoms with Gasteiger partial charge in [-0.1, -0.05) is 12.1 Å². The molecule has 0 radical (unpaired) electrons. The molecule has 10 nitrogen and oxygen atoms in total. The van der Waals surface area contributed by atoms with Crippen LogP contribution in [0, 0.1) is 0 Å². The van der Waals surface area contributed by atoms with E-state index in [2.05, 4.69) is 15.7 Å². The van der Waals surface area contributed by atoms with E-state index in [-0.39, 0.29) is 23.9 Å². The second-order valence-corrected chi connectivity index (χ2v) is 9.47. The molecule has 0 spiro atoms. The number of sulfone groups is 1. The number of amides is 2. The first-order chi connectivity index (χ1) is 15.8. The summed E-state index contributed by atoms with van der Waals surface area (Å²) in [5.41, 5.74) is 2.09. The Balaban J connectivity index is 1.54. The third-order valence-corrected chi connectivity index (χ3v) is 6.60. The lowest BCUT2D eigenvalue weighted by atomic mass is 10.2. The number of methoxy groups -OCH3 is 2. The molecule has 2 heterocycles. The molecular weight excluding hydrogens is 448 g/mol. The van der Waals surface area contributed by atoms with E-state index in [4.69, 9.17) is 9.47 Å². The van der Waals surface area contributed by atoms with Crippen LogP contribution < -0.4 is 20.1 Å². The molecule has 0 unspecified atom stereocenters. The van der Waals surface area contributed by atoms with Crippen LogP contribution in [0.2, 0.25) is 0 Å². The van der Waals surface area contributed by atoms with Crippen LogP contribution in [0.25, 0.3) is 5.69 Å². The first kappa shape index (κ1) is 22.3. The van der Waals surface area contributed by atoms with Gasteiger partial charge in [0.2, 0.25) is 0 Å². The van der Waals surface area contributed by atoms with Gasteiger partial charge < -0.3 is 20.1 Å². The Hall–Kier alpha value is -3.86. The molecule has 0 saturated carbocycles. The van der Waals surface area contributed by atoms with E-state index in [9.17, 15) is 18.0 Å². The Labute approximate surface area is 190 Å². The van der Waals surface area contributed by atoms with Crippen LogP contribution in [0.4, 0.5) is 5.82 Å². The molecule has 172 valence electrons. The minimum atomic E-state index is -3.36. The average molecular weight is 471 g/mol. The van der Waals surface area contributed by atoms with E-state index in [1.54, 1.807) is 62.8 Å². The monoisotopic (exact) mass is 470 g/mol. The van der Waals surface area contributed by atoms with Crippen molar-refractivity contribution >= 4 is 27.5 Å². The maximum Gasteiger partial charge on any atom is 0.314 e. The normalized spacial score (nSPS) is 13.8. The number of carbonyl (C=O) groups excluding carboxylic acids is 2. The number of nitrogens with zero attached hydrogens (tertiary/aromatic N) is 2. The summed E-state index contributed by atoms with van der Waals surface area (Å²) >= 11 is 0. The van der Waals surface area contributed by atoms with E-state index in [1.807, 2.05) is 0 Å². The van der Waals surface area contributed by atoms with Gasteiger partial charge in [0.15, 0.2) is 9.84 Å². The van der Waals surface area contributed by atoms with Crippen LogP contribution in [0.15, 0.2) is 48.5 Å². The molecule has 2 amide bonds. The number of rotatable bonds is 6. The highest BCUT2D eigenvalue weighted by Gasteiger charge is 2.33. The van der Waals surface area contributed by atoms with E-state index >= 15 is 0 Å². The Morgan fingerprint density at radius 2 is 1.55 bits per heavy atom. The van der Waals surface area contributed by atoms with Crippen molar-refractivity contribution in [3.05, 3.63) is 65.4 Å². The molecule has 0 fully saturated rings. The van der Waals surface area contributed by atoms with Crippen molar-refractivity contribution in [3.63, 3.8) is 0 Å². The maximum absolute atomic E-state index is 12.6. The molecular formula is C22H22N4O6S. The number of benzene rings is 2. The van der Waals surface area contributed by atoms with E-state index in [0.29, 0.717) is 28.4 Å². The molecule has 4 rings (SSSR count). The molecule has 1 aliphatic rings. The molecule has 11 heteroatoms. The van der Waals surface area contributed by atoms with Crippen LogP contribution in [0.1, 0.15) is 16.8 Å². The summed E-state index contributed by atoms with van der Waals surface area (Å²) in [6.45, 7) is 0.139. The van der Waals surface area contributed by atoms with Gasteiger partial charge in [0, 0.05) is 12.1 Å². The molecule has 0 atom stereocenters. The summed E-state index contributed by atoms with van der Waals surface area (Å²) in [6, 6.07) is 13.9. The summed E-state index contributed by atoms with van der Waals surface area (Å²) < 4.78 is 35.9. The van der Waals surface area contributed by atoms with Crippen molar-refractivity contribution in [1.29, 1.82) is 0 Å². The van der Waals surface area contributed by atoms with Gasteiger partial charge in [-0.25, -0.2) is 13.1 Å². The topological polar surface area (TPSA) is 129 Å². The number of aromatic nitrogens is 2. The highest BCUT2D eigenvalue weighted by Crippen LogP contribution is 2.33. The predicted octanol–water partition coefficient (Wildman–Crippen LogP) is 1.57. The zero-order valence-electron chi connectivity index (χ0n) is 18.0. The van der Waals surface area contributed by atoms with E-state index in [0.717, 1.165) is 5.56 Å². The number of fused-ring (bicyclic) bond motifs is 1. The van der Waals surface area contributed by atoms with Gasteiger partial charge >= 0.3 is 11.8 Å². The number of nitrogens with one attached hydrogen (secondary N) is 2. The van der Waals surface area contributed by atoms with Crippen molar-refractivity contribution in [3.8, 4) is 17.2 Å². The predicted molar refractivity (Wildman–Crippen MR) is 120 cm³/mol. The van der Waals surface area contributed by atoms with Crippen molar-refractivity contribution in [2.75, 3.05) is 19.5 Å². The molecule has 0 aliphatic carbocycles. The lowest BCUT2D eigenvalue weighted by Gasteiger charge is -2.12. The van der Waals surface area contributed by atoms with E-state index in [1.165, 1.54) is 4.68 Å². The molecule has 2 aromatic carbocycles. The lowest BCUT2D eigenvalue weighted by molar-refractivity contribution is -0.136. The molecule has 0 saturated heterocycles. The Kier molecular flexibility index (Phi) is 6.05. The number of hydrogen-bond acceptors (Lipinski definition) is 7. The van der Waals surface area contributed by atoms with Crippen LogP contribution in [-0.4, -0.2) is 44.2 Å². The van der Waals surface area contributed by atoms with Crippen molar-refractivity contribution in [2.45, 2.75) is 18.1 Å². The van der Waals surface area contributed by atoms with E-state index < -0.39 is 21.7 Å².